The lowest BCUT2D eigenvalue weighted by Crippen LogP contribution is -2.03. The molecule has 0 unspecified atom stereocenters. The summed E-state index contributed by atoms with van der Waals surface area (Å²) in [5.41, 5.74) is 5.18. The average Bonchev–Trinajstić information content (AvgIpc) is 3.12. The minimum absolute atomic E-state index is 0.240. The van der Waals surface area contributed by atoms with Gasteiger partial charge in [0.2, 0.25) is 0 Å². The molecule has 3 aromatic carbocycles. The van der Waals surface area contributed by atoms with Gasteiger partial charge in [0.1, 0.15) is 18.0 Å². The first-order valence-electron chi connectivity index (χ1n) is 9.46. The molecule has 5 heteroatoms. The molecule has 0 atom stereocenters. The SMILES string of the molecule is Cn1ccc2cc(-c3ccc4ncnc(NCc5cccc(F)c5)c4c3)ccc21. The monoisotopic (exact) mass is 382 g/mol. The Morgan fingerprint density at radius 2 is 1.79 bits per heavy atom. The zero-order chi connectivity index (χ0) is 19.8. The number of halogens is 1. The van der Waals surface area contributed by atoms with E-state index < -0.39 is 0 Å². The van der Waals surface area contributed by atoms with Crippen molar-refractivity contribution in [1.29, 1.82) is 0 Å². The number of hydrogen-bond acceptors (Lipinski definition) is 3. The molecule has 0 fully saturated rings. The van der Waals surface area contributed by atoms with Crippen LogP contribution in [0.4, 0.5) is 10.2 Å². The summed E-state index contributed by atoms with van der Waals surface area (Å²) in [5.74, 6) is 0.498. The Balaban J connectivity index is 1.52. The predicted octanol–water partition coefficient (Wildman–Crippen LogP) is 5.54. The highest BCUT2D eigenvalue weighted by molar-refractivity contribution is 5.94. The molecule has 2 heterocycles. The van der Waals surface area contributed by atoms with Crippen molar-refractivity contribution in [1.82, 2.24) is 14.5 Å². The minimum atomic E-state index is -0.240. The molecule has 0 amide bonds. The molecule has 0 aliphatic heterocycles. The van der Waals surface area contributed by atoms with Crippen molar-refractivity contribution in [2.24, 2.45) is 7.05 Å². The van der Waals surface area contributed by atoms with E-state index in [0.717, 1.165) is 33.4 Å². The summed E-state index contributed by atoms with van der Waals surface area (Å²) < 4.78 is 15.6. The molecule has 2 aromatic heterocycles. The molecular weight excluding hydrogens is 363 g/mol. The van der Waals surface area contributed by atoms with E-state index in [-0.39, 0.29) is 5.82 Å². The molecule has 0 radical (unpaired) electrons. The first-order valence-corrected chi connectivity index (χ1v) is 9.46. The molecule has 4 nitrogen and oxygen atoms in total. The van der Waals surface area contributed by atoms with Gasteiger partial charge >= 0.3 is 0 Å². The Hall–Kier alpha value is -3.73. The second kappa shape index (κ2) is 7.02. The standard InChI is InChI=1S/C24H19FN4/c1-29-10-9-19-12-17(6-8-23(19)29)18-5-7-22-21(13-18)24(28-15-27-22)26-14-16-3-2-4-20(25)11-16/h2-13,15H,14H2,1H3,(H,26,27,28). The summed E-state index contributed by atoms with van der Waals surface area (Å²) in [5, 5.41) is 5.47. The van der Waals surface area contributed by atoms with E-state index >= 15 is 0 Å². The minimum Gasteiger partial charge on any atom is -0.365 e. The third kappa shape index (κ3) is 3.31. The zero-order valence-electron chi connectivity index (χ0n) is 15.9. The number of aromatic nitrogens is 3. The summed E-state index contributed by atoms with van der Waals surface area (Å²) in [6, 6.07) is 21.3. The quantitative estimate of drug-likeness (QED) is 0.444. The van der Waals surface area contributed by atoms with Crippen LogP contribution in [0.25, 0.3) is 32.9 Å². The van der Waals surface area contributed by atoms with Crippen molar-refractivity contribution < 1.29 is 4.39 Å². The maximum Gasteiger partial charge on any atom is 0.137 e. The summed E-state index contributed by atoms with van der Waals surface area (Å²) in [7, 11) is 2.05. The van der Waals surface area contributed by atoms with Crippen LogP contribution in [0.15, 0.2) is 79.3 Å². The first kappa shape index (κ1) is 17.4. The van der Waals surface area contributed by atoms with Gasteiger partial charge in [0, 0.05) is 36.1 Å². The van der Waals surface area contributed by atoms with Gasteiger partial charge in [-0.25, -0.2) is 14.4 Å². The molecule has 0 bridgehead atoms. The molecular formula is C24H19FN4. The van der Waals surface area contributed by atoms with Crippen molar-refractivity contribution in [3.05, 3.63) is 90.6 Å². The van der Waals surface area contributed by atoms with Crippen LogP contribution in [0.2, 0.25) is 0 Å². The lowest BCUT2D eigenvalue weighted by atomic mass is 10.0. The topological polar surface area (TPSA) is 42.7 Å². The summed E-state index contributed by atoms with van der Waals surface area (Å²) in [6.45, 7) is 0.490. The van der Waals surface area contributed by atoms with E-state index in [1.807, 2.05) is 19.2 Å². The van der Waals surface area contributed by atoms with Gasteiger partial charge in [0.05, 0.1) is 5.52 Å². The molecule has 0 saturated heterocycles. The summed E-state index contributed by atoms with van der Waals surface area (Å²) >= 11 is 0. The highest BCUT2D eigenvalue weighted by Crippen LogP contribution is 2.29. The normalized spacial score (nSPS) is 11.2. The number of rotatable bonds is 4. The van der Waals surface area contributed by atoms with Gasteiger partial charge in [-0.2, -0.15) is 0 Å². The fourth-order valence-electron chi connectivity index (χ4n) is 3.67. The average molecular weight is 382 g/mol. The number of anilines is 1. The highest BCUT2D eigenvalue weighted by atomic mass is 19.1. The summed E-state index contributed by atoms with van der Waals surface area (Å²) in [6.07, 6.45) is 3.61. The van der Waals surface area contributed by atoms with E-state index in [4.69, 9.17) is 0 Å². The van der Waals surface area contributed by atoms with E-state index in [9.17, 15) is 4.39 Å². The Bertz CT molecular complexity index is 1340. The third-order valence-corrected chi connectivity index (χ3v) is 5.20. The number of aryl methyl sites for hydroxylation is 1. The Morgan fingerprint density at radius 3 is 2.69 bits per heavy atom. The molecule has 0 saturated carbocycles. The molecule has 1 N–H and O–H groups in total. The third-order valence-electron chi connectivity index (χ3n) is 5.20. The first-order chi connectivity index (χ1) is 14.2. The summed E-state index contributed by atoms with van der Waals surface area (Å²) in [4.78, 5) is 8.80. The molecule has 0 aliphatic rings. The maximum absolute atomic E-state index is 13.4. The van der Waals surface area contributed by atoms with Crippen molar-refractivity contribution in [3.8, 4) is 11.1 Å². The molecule has 0 spiro atoms. The van der Waals surface area contributed by atoms with E-state index in [2.05, 4.69) is 62.4 Å². The van der Waals surface area contributed by atoms with Crippen molar-refractivity contribution in [2.45, 2.75) is 6.54 Å². The van der Waals surface area contributed by atoms with Gasteiger partial charge in [-0.1, -0.05) is 24.3 Å². The highest BCUT2D eigenvalue weighted by Gasteiger charge is 2.08. The van der Waals surface area contributed by atoms with Gasteiger partial charge < -0.3 is 9.88 Å². The van der Waals surface area contributed by atoms with Crippen LogP contribution in [-0.2, 0) is 13.6 Å². The lowest BCUT2D eigenvalue weighted by Gasteiger charge is -2.10. The van der Waals surface area contributed by atoms with Crippen LogP contribution in [0, 0.1) is 5.82 Å². The van der Waals surface area contributed by atoms with Crippen LogP contribution < -0.4 is 5.32 Å². The van der Waals surface area contributed by atoms with Crippen LogP contribution in [0.5, 0.6) is 0 Å². The number of benzene rings is 3. The number of nitrogens with zero attached hydrogens (tertiary/aromatic N) is 3. The lowest BCUT2D eigenvalue weighted by molar-refractivity contribution is 0.626. The number of nitrogens with one attached hydrogen (secondary N) is 1. The van der Waals surface area contributed by atoms with Crippen LogP contribution >= 0.6 is 0 Å². The maximum atomic E-state index is 13.4. The molecule has 5 rings (SSSR count). The Kier molecular flexibility index (Phi) is 4.21. The van der Waals surface area contributed by atoms with Crippen molar-refractivity contribution in [2.75, 3.05) is 5.32 Å². The van der Waals surface area contributed by atoms with Crippen molar-refractivity contribution >= 4 is 27.6 Å². The number of fused-ring (bicyclic) bond motifs is 2. The van der Waals surface area contributed by atoms with Gasteiger partial charge in [-0.15, -0.1) is 0 Å². The number of hydrogen-bond donors (Lipinski definition) is 1. The molecule has 142 valence electrons. The second-order valence-electron chi connectivity index (χ2n) is 7.14. The largest absolute Gasteiger partial charge is 0.365 e. The molecule has 5 aromatic rings. The molecule has 29 heavy (non-hydrogen) atoms. The zero-order valence-corrected chi connectivity index (χ0v) is 15.9. The molecule has 0 aliphatic carbocycles. The van der Waals surface area contributed by atoms with E-state index in [1.54, 1.807) is 12.4 Å². The van der Waals surface area contributed by atoms with Crippen LogP contribution in [0.3, 0.4) is 0 Å². The smallest absolute Gasteiger partial charge is 0.137 e. The predicted molar refractivity (Wildman–Crippen MR) is 115 cm³/mol. The fourth-order valence-corrected chi connectivity index (χ4v) is 3.67. The van der Waals surface area contributed by atoms with Crippen LogP contribution in [-0.4, -0.2) is 14.5 Å². The van der Waals surface area contributed by atoms with Gasteiger partial charge in [-0.05, 0) is 59.2 Å². The van der Waals surface area contributed by atoms with Crippen LogP contribution in [0.1, 0.15) is 5.56 Å². The van der Waals surface area contributed by atoms with E-state index in [1.165, 1.54) is 23.0 Å². The van der Waals surface area contributed by atoms with Crippen molar-refractivity contribution in [3.63, 3.8) is 0 Å². The van der Waals surface area contributed by atoms with E-state index in [0.29, 0.717) is 6.54 Å². The van der Waals surface area contributed by atoms with Gasteiger partial charge in [-0.3, -0.25) is 0 Å². The Labute approximate surface area is 167 Å². The Morgan fingerprint density at radius 1 is 0.931 bits per heavy atom. The van der Waals surface area contributed by atoms with Gasteiger partial charge in [0.25, 0.3) is 0 Å². The second-order valence-corrected chi connectivity index (χ2v) is 7.14. The van der Waals surface area contributed by atoms with Gasteiger partial charge in [0.15, 0.2) is 0 Å². The fraction of sp³-hybridized carbons (Fsp3) is 0.0833.